The number of carbonyl (C=O) groups excluding carboxylic acids is 1. The van der Waals surface area contributed by atoms with E-state index in [4.69, 9.17) is 14.5 Å². The van der Waals surface area contributed by atoms with Crippen LogP contribution in [0.15, 0.2) is 36.4 Å². The van der Waals surface area contributed by atoms with E-state index in [1.54, 1.807) is 14.2 Å². The number of ether oxygens (including phenoxy) is 2. The highest BCUT2D eigenvalue weighted by Gasteiger charge is 2.22. The maximum atomic E-state index is 12.1. The Balaban J connectivity index is 1.80. The van der Waals surface area contributed by atoms with E-state index in [-0.39, 0.29) is 5.91 Å². The van der Waals surface area contributed by atoms with Crippen molar-refractivity contribution in [1.29, 1.82) is 0 Å². The van der Waals surface area contributed by atoms with Gasteiger partial charge in [0.25, 0.3) is 0 Å². The first-order valence-electron chi connectivity index (χ1n) is 11.0. The lowest BCUT2D eigenvalue weighted by Crippen LogP contribution is -2.23. The van der Waals surface area contributed by atoms with Crippen LogP contribution in [0.25, 0.3) is 22.4 Å². The van der Waals surface area contributed by atoms with Crippen LogP contribution in [0.5, 0.6) is 5.75 Å². The lowest BCUT2D eigenvalue weighted by Gasteiger charge is -2.17. The third-order valence-corrected chi connectivity index (χ3v) is 5.99. The van der Waals surface area contributed by atoms with Gasteiger partial charge in [-0.25, -0.2) is 4.98 Å². The molecule has 31 heavy (non-hydrogen) atoms. The Morgan fingerprint density at radius 3 is 2.52 bits per heavy atom. The maximum absolute atomic E-state index is 12.1. The van der Waals surface area contributed by atoms with E-state index in [1.807, 2.05) is 11.0 Å². The molecule has 1 aliphatic heterocycles. The van der Waals surface area contributed by atoms with Crippen LogP contribution in [-0.4, -0.2) is 47.7 Å². The molecule has 2 heterocycles. The minimum Gasteiger partial charge on any atom is -0.494 e. The van der Waals surface area contributed by atoms with Crippen LogP contribution in [0.1, 0.15) is 43.7 Å². The molecule has 0 bridgehead atoms. The molecule has 0 radical (unpaired) electrons. The number of imidazole rings is 1. The van der Waals surface area contributed by atoms with Crippen molar-refractivity contribution in [3.63, 3.8) is 0 Å². The van der Waals surface area contributed by atoms with E-state index >= 15 is 0 Å². The monoisotopic (exact) mass is 421 g/mol. The first kappa shape index (κ1) is 21.4. The molecular weight excluding hydrogens is 390 g/mol. The van der Waals surface area contributed by atoms with Crippen LogP contribution in [0, 0.1) is 0 Å². The number of methoxy groups -OCH3 is 2. The van der Waals surface area contributed by atoms with Crippen molar-refractivity contribution in [2.24, 2.45) is 0 Å². The largest absolute Gasteiger partial charge is 0.494 e. The molecule has 0 spiro atoms. The fourth-order valence-corrected chi connectivity index (χ4v) is 4.26. The summed E-state index contributed by atoms with van der Waals surface area (Å²) in [5.74, 6) is 2.37. The first-order chi connectivity index (χ1) is 15.0. The molecule has 6 nitrogen and oxygen atoms in total. The van der Waals surface area contributed by atoms with Crippen LogP contribution < -0.4 is 4.74 Å². The van der Waals surface area contributed by atoms with Gasteiger partial charge in [0.15, 0.2) is 0 Å². The van der Waals surface area contributed by atoms with Crippen LogP contribution in [0.3, 0.4) is 0 Å². The molecule has 1 fully saturated rings. The molecule has 3 aromatic rings. The van der Waals surface area contributed by atoms with E-state index in [1.165, 1.54) is 5.56 Å². The maximum Gasteiger partial charge on any atom is 0.222 e. The van der Waals surface area contributed by atoms with Crippen LogP contribution in [-0.2, 0) is 22.6 Å². The zero-order valence-corrected chi connectivity index (χ0v) is 18.9. The first-order valence-corrected chi connectivity index (χ1v) is 11.0. The summed E-state index contributed by atoms with van der Waals surface area (Å²) in [7, 11) is 3.39. The molecule has 6 heteroatoms. The van der Waals surface area contributed by atoms with E-state index < -0.39 is 0 Å². The molecule has 2 aromatic carbocycles. The van der Waals surface area contributed by atoms with Crippen molar-refractivity contribution in [2.75, 3.05) is 27.4 Å². The molecule has 1 saturated heterocycles. The molecule has 1 aliphatic rings. The van der Waals surface area contributed by atoms with Gasteiger partial charge < -0.3 is 18.9 Å². The average Bonchev–Trinajstić information content (AvgIpc) is 3.34. The normalized spacial score (nSPS) is 14.2. The highest BCUT2D eigenvalue weighted by atomic mass is 16.5. The van der Waals surface area contributed by atoms with Gasteiger partial charge in [-0.3, -0.25) is 4.79 Å². The van der Waals surface area contributed by atoms with Gasteiger partial charge in [0.2, 0.25) is 5.91 Å². The van der Waals surface area contributed by atoms with Crippen molar-refractivity contribution >= 4 is 16.9 Å². The standard InChI is InChI=1S/C25H31N3O3/c1-17(2)19-7-9-20(10-8-19)25-26-21-14-18(16-27-11-5-6-23(27)29)15-22(31-4)24(21)28(25)12-13-30-3/h7-10,14-15,17H,5-6,11-13,16H2,1-4H3. The highest BCUT2D eigenvalue weighted by molar-refractivity contribution is 5.87. The molecule has 4 rings (SSSR count). The fraction of sp³-hybridized carbons (Fsp3) is 0.440. The number of hydrogen-bond acceptors (Lipinski definition) is 4. The molecule has 0 atom stereocenters. The van der Waals surface area contributed by atoms with E-state index in [9.17, 15) is 4.79 Å². The van der Waals surface area contributed by atoms with Gasteiger partial charge >= 0.3 is 0 Å². The summed E-state index contributed by atoms with van der Waals surface area (Å²) in [6.07, 6.45) is 1.57. The molecule has 164 valence electrons. The zero-order chi connectivity index (χ0) is 22.0. The Kier molecular flexibility index (Phi) is 6.28. The summed E-state index contributed by atoms with van der Waals surface area (Å²) < 4.78 is 13.3. The molecular formula is C25H31N3O3. The van der Waals surface area contributed by atoms with Gasteiger partial charge in [-0.05, 0) is 35.6 Å². The number of nitrogens with zero attached hydrogens (tertiary/aromatic N) is 3. The number of amides is 1. The van der Waals surface area contributed by atoms with Crippen molar-refractivity contribution in [3.8, 4) is 17.1 Å². The topological polar surface area (TPSA) is 56.6 Å². The minimum atomic E-state index is 0.218. The quantitative estimate of drug-likeness (QED) is 0.533. The van der Waals surface area contributed by atoms with Gasteiger partial charge in [0.1, 0.15) is 17.1 Å². The van der Waals surface area contributed by atoms with Gasteiger partial charge in [0.05, 0.1) is 19.2 Å². The van der Waals surface area contributed by atoms with Crippen molar-refractivity contribution < 1.29 is 14.3 Å². The van der Waals surface area contributed by atoms with Gasteiger partial charge in [0, 0.05) is 38.7 Å². The predicted molar refractivity (Wildman–Crippen MR) is 122 cm³/mol. The third kappa shape index (κ3) is 4.30. The lowest BCUT2D eigenvalue weighted by atomic mass is 10.0. The minimum absolute atomic E-state index is 0.218. The highest BCUT2D eigenvalue weighted by Crippen LogP contribution is 2.33. The number of likely N-dealkylation sites (tertiary alicyclic amines) is 1. The molecule has 0 saturated carbocycles. The second-order valence-electron chi connectivity index (χ2n) is 8.44. The van der Waals surface area contributed by atoms with Gasteiger partial charge in [-0.1, -0.05) is 38.1 Å². The third-order valence-electron chi connectivity index (χ3n) is 5.99. The fourth-order valence-electron chi connectivity index (χ4n) is 4.26. The summed E-state index contributed by atoms with van der Waals surface area (Å²) in [6, 6.07) is 12.7. The number of fused-ring (bicyclic) bond motifs is 1. The number of benzene rings is 2. The van der Waals surface area contributed by atoms with Crippen LogP contribution >= 0.6 is 0 Å². The Morgan fingerprint density at radius 1 is 1.13 bits per heavy atom. The molecule has 1 aromatic heterocycles. The Hall–Kier alpha value is -2.86. The Labute approximate surface area is 183 Å². The molecule has 0 unspecified atom stereocenters. The van der Waals surface area contributed by atoms with Crippen LogP contribution in [0.4, 0.5) is 0 Å². The summed E-state index contributed by atoms with van der Waals surface area (Å²) >= 11 is 0. The van der Waals surface area contributed by atoms with Gasteiger partial charge in [-0.15, -0.1) is 0 Å². The van der Waals surface area contributed by atoms with E-state index in [2.05, 4.69) is 48.7 Å². The van der Waals surface area contributed by atoms with E-state index in [0.29, 0.717) is 32.0 Å². The average molecular weight is 422 g/mol. The lowest BCUT2D eigenvalue weighted by molar-refractivity contribution is -0.128. The summed E-state index contributed by atoms with van der Waals surface area (Å²) in [4.78, 5) is 19.0. The second kappa shape index (κ2) is 9.10. The van der Waals surface area contributed by atoms with Gasteiger partial charge in [-0.2, -0.15) is 0 Å². The van der Waals surface area contributed by atoms with E-state index in [0.717, 1.165) is 46.7 Å². The number of aromatic nitrogens is 2. The smallest absolute Gasteiger partial charge is 0.222 e. The SMILES string of the molecule is COCCn1c(-c2ccc(C(C)C)cc2)nc2cc(CN3CCCC3=O)cc(OC)c21. The van der Waals surface area contributed by atoms with Crippen LogP contribution in [0.2, 0.25) is 0 Å². The number of hydrogen-bond donors (Lipinski definition) is 0. The summed E-state index contributed by atoms with van der Waals surface area (Å²) in [5, 5.41) is 0. The summed E-state index contributed by atoms with van der Waals surface area (Å²) in [6.45, 7) is 7.05. The molecule has 0 aliphatic carbocycles. The van der Waals surface area contributed by atoms with Crippen molar-refractivity contribution in [1.82, 2.24) is 14.5 Å². The van der Waals surface area contributed by atoms with Crippen molar-refractivity contribution in [2.45, 2.75) is 45.7 Å². The number of rotatable bonds is 8. The van der Waals surface area contributed by atoms with Crippen molar-refractivity contribution in [3.05, 3.63) is 47.5 Å². The summed E-state index contributed by atoms with van der Waals surface area (Å²) in [5.41, 5.74) is 5.24. The zero-order valence-electron chi connectivity index (χ0n) is 18.9. The molecule has 0 N–H and O–H groups in total. The molecule has 1 amide bonds. The Bertz CT molecular complexity index is 1070. The predicted octanol–water partition coefficient (Wildman–Crippen LogP) is 4.60. The second-order valence-corrected chi connectivity index (χ2v) is 8.44. The Morgan fingerprint density at radius 2 is 1.90 bits per heavy atom. The number of carbonyl (C=O) groups is 1.